The molecule has 1 N–H and O–H groups in total. The van der Waals surface area contributed by atoms with Gasteiger partial charge >= 0.3 is 11.9 Å². The normalized spacial score (nSPS) is 10.8. The number of rotatable bonds is 13. The van der Waals surface area contributed by atoms with Crippen LogP contribution in [0.15, 0.2) is 155 Å². The molecule has 64 heavy (non-hydrogen) atoms. The molecule has 4 aromatic heterocycles. The molecule has 0 fully saturated rings. The van der Waals surface area contributed by atoms with Crippen LogP contribution in [0.3, 0.4) is 0 Å². The van der Waals surface area contributed by atoms with E-state index in [1.165, 1.54) is 12.4 Å². The van der Waals surface area contributed by atoms with Crippen molar-refractivity contribution in [3.05, 3.63) is 199 Å². The molecule has 4 aromatic carbocycles. The molecule has 8 rings (SSSR count). The molecule has 0 bridgehead atoms. The quantitative estimate of drug-likeness (QED) is 0.113. The van der Waals surface area contributed by atoms with Gasteiger partial charge in [-0.05, 0) is 129 Å². The lowest BCUT2D eigenvalue weighted by atomic mass is 10.1. The van der Waals surface area contributed by atoms with Crippen LogP contribution in [0, 0.1) is 13.8 Å². The Labute approximate surface area is 397 Å². The summed E-state index contributed by atoms with van der Waals surface area (Å²) in [5.74, 6) is 0.0321. The third-order valence-corrected chi connectivity index (χ3v) is 11.4. The monoisotopic (exact) mass is 1020 g/mol. The molecular weight excluding hydrogens is 983 g/mol. The molecule has 0 aliphatic rings. The number of carbonyl (C=O) groups is 2. The predicted molar refractivity (Wildman–Crippen MR) is 257 cm³/mol. The Morgan fingerprint density at radius 2 is 1.03 bits per heavy atom. The Morgan fingerprint density at radius 1 is 0.594 bits per heavy atom. The van der Waals surface area contributed by atoms with E-state index < -0.39 is 11.9 Å². The fourth-order valence-corrected chi connectivity index (χ4v) is 7.84. The molecular formula is C50H40Br2Cl2N4O6. The minimum absolute atomic E-state index is 0.130. The van der Waals surface area contributed by atoms with Crippen molar-refractivity contribution in [2.45, 2.75) is 34.0 Å². The summed E-state index contributed by atoms with van der Waals surface area (Å²) in [6.45, 7) is 6.86. The van der Waals surface area contributed by atoms with Crippen LogP contribution in [-0.4, -0.2) is 42.8 Å². The first-order valence-electron chi connectivity index (χ1n) is 19.9. The average Bonchev–Trinajstić information content (AvgIpc) is 3.88. The molecule has 0 aliphatic heterocycles. The van der Waals surface area contributed by atoms with Crippen LogP contribution >= 0.6 is 55.1 Å². The Hall–Kier alpha value is -6.18. The number of ether oxygens (including phenoxy) is 3. The highest BCUT2D eigenvalue weighted by Crippen LogP contribution is 2.38. The summed E-state index contributed by atoms with van der Waals surface area (Å²) < 4.78 is 23.3. The van der Waals surface area contributed by atoms with E-state index in [1.807, 2.05) is 132 Å². The maximum atomic E-state index is 12.2. The highest BCUT2D eigenvalue weighted by atomic mass is 79.9. The van der Waals surface area contributed by atoms with Gasteiger partial charge < -0.3 is 28.5 Å². The summed E-state index contributed by atoms with van der Waals surface area (Å²) in [6.07, 6.45) is 6.23. The smallest absolute Gasteiger partial charge is 0.339 e. The van der Waals surface area contributed by atoms with Crippen molar-refractivity contribution in [3.8, 4) is 45.4 Å². The summed E-state index contributed by atoms with van der Waals surface area (Å²) in [5, 5.41) is 10.7. The van der Waals surface area contributed by atoms with Gasteiger partial charge in [0.25, 0.3) is 0 Å². The van der Waals surface area contributed by atoms with Crippen LogP contribution in [0.5, 0.6) is 11.5 Å². The molecule has 0 amide bonds. The van der Waals surface area contributed by atoms with Gasteiger partial charge in [-0.2, -0.15) is 0 Å². The Balaban J connectivity index is 0.000000192. The van der Waals surface area contributed by atoms with Crippen molar-refractivity contribution in [2.24, 2.45) is 0 Å². The molecule has 0 unspecified atom stereocenters. The molecule has 8 aromatic rings. The van der Waals surface area contributed by atoms with E-state index in [0.29, 0.717) is 46.9 Å². The fourth-order valence-electron chi connectivity index (χ4n) is 6.87. The molecule has 0 aliphatic carbocycles. The second-order valence-electron chi connectivity index (χ2n) is 14.4. The highest BCUT2D eigenvalue weighted by Gasteiger charge is 2.19. The van der Waals surface area contributed by atoms with E-state index in [4.69, 9.17) is 37.4 Å². The van der Waals surface area contributed by atoms with Crippen molar-refractivity contribution >= 4 is 67.0 Å². The van der Waals surface area contributed by atoms with Crippen LogP contribution in [0.25, 0.3) is 33.9 Å². The number of hydrogen-bond donors (Lipinski definition) is 1. The first kappa shape index (κ1) is 45.8. The van der Waals surface area contributed by atoms with Crippen LogP contribution in [0.2, 0.25) is 10.0 Å². The molecule has 14 heteroatoms. The highest BCUT2D eigenvalue weighted by molar-refractivity contribution is 9.10. The van der Waals surface area contributed by atoms with Gasteiger partial charge in [-0.15, -0.1) is 0 Å². The summed E-state index contributed by atoms with van der Waals surface area (Å²) in [6, 6.07) is 38.2. The molecule has 0 atom stereocenters. The van der Waals surface area contributed by atoms with Gasteiger partial charge in [0.2, 0.25) is 0 Å². The van der Waals surface area contributed by atoms with Crippen molar-refractivity contribution in [2.75, 3.05) is 6.61 Å². The van der Waals surface area contributed by atoms with Crippen LogP contribution in [0.4, 0.5) is 0 Å². The minimum atomic E-state index is -1.02. The zero-order valence-electron chi connectivity index (χ0n) is 34.8. The third kappa shape index (κ3) is 11.1. The van der Waals surface area contributed by atoms with Crippen LogP contribution in [-0.2, 0) is 18.0 Å². The Kier molecular flexibility index (Phi) is 15.0. The summed E-state index contributed by atoms with van der Waals surface area (Å²) in [7, 11) is 0. The number of halogens is 4. The van der Waals surface area contributed by atoms with Crippen LogP contribution in [0.1, 0.15) is 50.2 Å². The number of hydrogen-bond acceptors (Lipinski definition) is 7. The lowest BCUT2D eigenvalue weighted by Crippen LogP contribution is -2.07. The van der Waals surface area contributed by atoms with E-state index in [9.17, 15) is 14.7 Å². The van der Waals surface area contributed by atoms with Gasteiger partial charge in [-0.1, -0.05) is 79.3 Å². The summed E-state index contributed by atoms with van der Waals surface area (Å²) in [4.78, 5) is 32.0. The summed E-state index contributed by atoms with van der Waals surface area (Å²) in [5.41, 5.74) is 9.51. The second kappa shape index (κ2) is 21.0. The largest absolute Gasteiger partial charge is 0.488 e. The van der Waals surface area contributed by atoms with Gasteiger partial charge in [0.05, 0.1) is 52.9 Å². The maximum absolute atomic E-state index is 12.2. The van der Waals surface area contributed by atoms with Crippen molar-refractivity contribution in [3.63, 3.8) is 0 Å². The fraction of sp³-hybridized carbons (Fsp3) is 0.120. The number of nitrogens with zero attached hydrogens (tertiary/aromatic N) is 4. The number of carboxylic acids is 1. The number of carbonyl (C=O) groups excluding carboxylic acids is 1. The van der Waals surface area contributed by atoms with Gasteiger partial charge in [-0.3, -0.25) is 9.97 Å². The topological polar surface area (TPSA) is 118 Å². The first-order chi connectivity index (χ1) is 30.9. The molecule has 0 radical (unpaired) electrons. The molecule has 0 saturated heterocycles. The van der Waals surface area contributed by atoms with Gasteiger partial charge in [0.15, 0.2) is 0 Å². The number of benzene rings is 4. The summed E-state index contributed by atoms with van der Waals surface area (Å²) >= 11 is 19.1. The maximum Gasteiger partial charge on any atom is 0.339 e. The minimum Gasteiger partial charge on any atom is -0.488 e. The van der Waals surface area contributed by atoms with Gasteiger partial charge in [0.1, 0.15) is 24.7 Å². The standard InChI is InChI=1S/C26H22BrClN2O3.C24H18BrClN2O3/c1-3-32-26(31)19-12-22(15-29-14-19)30-17(2)4-10-24(30)23-13-20(27)7-11-25(23)33-16-18-5-8-21(28)9-6-18;1-15-2-8-22(28(15)20-10-17(24(29)30)12-27-13-20)21-11-18(25)5-9-23(21)31-14-16-3-6-19(26)7-4-16/h4-15H,3,16H2,1-2H3;2-13H,14H2,1H3,(H,29,30). The van der Waals surface area contributed by atoms with Crippen molar-refractivity contribution in [1.29, 1.82) is 0 Å². The van der Waals surface area contributed by atoms with E-state index in [1.54, 1.807) is 31.5 Å². The lowest BCUT2D eigenvalue weighted by molar-refractivity contribution is 0.0525. The number of aromatic nitrogens is 4. The number of carboxylic acid groups (broad SMARTS) is 1. The Morgan fingerprint density at radius 3 is 1.47 bits per heavy atom. The zero-order valence-corrected chi connectivity index (χ0v) is 39.5. The van der Waals surface area contributed by atoms with Crippen molar-refractivity contribution in [1.82, 2.24) is 19.1 Å². The SMILES string of the molecule is CCOC(=O)c1cncc(-n2c(C)ccc2-c2cc(Br)ccc2OCc2ccc(Cl)cc2)c1.Cc1ccc(-c2cc(Br)ccc2OCc2ccc(Cl)cc2)n1-c1cncc(C(=O)O)c1. The lowest BCUT2D eigenvalue weighted by Gasteiger charge is -2.16. The van der Waals surface area contributed by atoms with E-state index in [-0.39, 0.29) is 5.56 Å². The molecule has 0 spiro atoms. The second-order valence-corrected chi connectivity index (χ2v) is 17.1. The molecule has 10 nitrogen and oxygen atoms in total. The first-order valence-corrected chi connectivity index (χ1v) is 22.2. The number of aromatic carboxylic acids is 1. The third-order valence-electron chi connectivity index (χ3n) is 9.92. The zero-order chi connectivity index (χ0) is 45.3. The molecule has 0 saturated carbocycles. The molecule has 4 heterocycles. The van der Waals surface area contributed by atoms with Gasteiger partial charge in [-0.25, -0.2) is 9.59 Å². The van der Waals surface area contributed by atoms with E-state index >= 15 is 0 Å². The van der Waals surface area contributed by atoms with Crippen molar-refractivity contribution < 1.29 is 28.9 Å². The average molecular weight is 1020 g/mol. The Bertz CT molecular complexity index is 2930. The van der Waals surface area contributed by atoms with Gasteiger partial charge in [0, 0.05) is 53.9 Å². The molecule has 324 valence electrons. The van der Waals surface area contributed by atoms with E-state index in [0.717, 1.165) is 65.4 Å². The number of aryl methyl sites for hydroxylation is 2. The van der Waals surface area contributed by atoms with Crippen LogP contribution < -0.4 is 9.47 Å². The number of esters is 1. The predicted octanol–water partition coefficient (Wildman–Crippen LogP) is 13.6. The number of pyridine rings is 2. The van der Waals surface area contributed by atoms with E-state index in [2.05, 4.69) is 41.8 Å².